The maximum Gasteiger partial charge on any atom is 0.248 e. The molecule has 0 spiro atoms. The average Bonchev–Trinajstić information content (AvgIpc) is 3.05. The van der Waals surface area contributed by atoms with Crippen LogP contribution in [0.4, 0.5) is 5.69 Å². The Hall–Kier alpha value is -3.26. The van der Waals surface area contributed by atoms with Crippen LogP contribution in [0.2, 0.25) is 0 Å². The van der Waals surface area contributed by atoms with Gasteiger partial charge in [-0.25, -0.2) is 0 Å². The Morgan fingerprint density at radius 3 is 2.19 bits per heavy atom. The molecule has 0 saturated carbocycles. The predicted octanol–water partition coefficient (Wildman–Crippen LogP) is 6.18. The van der Waals surface area contributed by atoms with Crippen LogP contribution in [0.25, 0.3) is 22.3 Å². The molecule has 0 radical (unpaired) electrons. The van der Waals surface area contributed by atoms with E-state index in [-0.39, 0.29) is 6.71 Å². The van der Waals surface area contributed by atoms with Crippen LogP contribution in [0, 0.1) is 27.7 Å². The lowest BCUT2D eigenvalue weighted by Crippen LogP contribution is -2.48. The first-order valence-corrected chi connectivity index (χ1v) is 11.4. The van der Waals surface area contributed by atoms with Gasteiger partial charge in [0.15, 0.2) is 0 Å². The van der Waals surface area contributed by atoms with Gasteiger partial charge in [-0.1, -0.05) is 66.7 Å². The summed E-state index contributed by atoms with van der Waals surface area (Å²) in [5.74, 6) is 0. The summed E-state index contributed by atoms with van der Waals surface area (Å²) in [5, 5.41) is 0. The van der Waals surface area contributed by atoms with Crippen molar-refractivity contribution in [3.63, 3.8) is 0 Å². The standard InChI is InChI=1S/C30H30BN/c1-9-19(4)29-22(7)32(8)27-15-18(3)14-25-24-11-10-23(16-26(24)31(29)30(25)27)28-20(5)12-17(2)13-21(28)6/h9-16H,1,4H2,2-3,5-8H3. The van der Waals surface area contributed by atoms with Crippen LogP contribution < -0.4 is 15.8 Å². The van der Waals surface area contributed by atoms with Gasteiger partial charge in [0.25, 0.3) is 0 Å². The molecule has 0 saturated heterocycles. The molecular formula is C30H30BN. The summed E-state index contributed by atoms with van der Waals surface area (Å²) in [6, 6.07) is 16.3. The van der Waals surface area contributed by atoms with Gasteiger partial charge >= 0.3 is 0 Å². The number of benzene rings is 3. The Balaban J connectivity index is 1.82. The zero-order valence-electron chi connectivity index (χ0n) is 20.1. The fraction of sp³-hybridized carbons (Fsp3) is 0.200. The highest BCUT2D eigenvalue weighted by Gasteiger charge is 2.42. The highest BCUT2D eigenvalue weighted by molar-refractivity contribution is 6.97. The summed E-state index contributed by atoms with van der Waals surface area (Å²) in [7, 11) is 2.17. The summed E-state index contributed by atoms with van der Waals surface area (Å²) in [5.41, 5.74) is 18.3. The Labute approximate surface area is 192 Å². The zero-order valence-corrected chi connectivity index (χ0v) is 20.1. The molecule has 0 atom stereocenters. The van der Waals surface area contributed by atoms with E-state index in [4.69, 9.17) is 0 Å². The van der Waals surface area contributed by atoms with Crippen LogP contribution in [-0.2, 0) is 0 Å². The molecule has 0 aliphatic carbocycles. The summed E-state index contributed by atoms with van der Waals surface area (Å²) < 4.78 is 0. The molecule has 0 bridgehead atoms. The number of fused-ring (bicyclic) bond motifs is 3. The van der Waals surface area contributed by atoms with Crippen molar-refractivity contribution in [2.75, 3.05) is 11.9 Å². The lowest BCUT2D eigenvalue weighted by Gasteiger charge is -2.34. The Morgan fingerprint density at radius 2 is 1.53 bits per heavy atom. The first-order chi connectivity index (χ1) is 15.2. The Bertz CT molecular complexity index is 1350. The molecule has 0 unspecified atom stereocenters. The van der Waals surface area contributed by atoms with Gasteiger partial charge in [-0.3, -0.25) is 0 Å². The van der Waals surface area contributed by atoms with E-state index in [1.54, 1.807) is 0 Å². The quantitative estimate of drug-likeness (QED) is 0.365. The molecule has 32 heavy (non-hydrogen) atoms. The van der Waals surface area contributed by atoms with Crippen molar-refractivity contribution in [2.24, 2.45) is 0 Å². The highest BCUT2D eigenvalue weighted by Crippen LogP contribution is 2.40. The van der Waals surface area contributed by atoms with Gasteiger partial charge in [0.05, 0.1) is 0 Å². The third-order valence-corrected chi connectivity index (χ3v) is 7.34. The third-order valence-electron chi connectivity index (χ3n) is 7.34. The second kappa shape index (κ2) is 7.13. The fourth-order valence-electron chi connectivity index (χ4n) is 5.97. The number of hydrogen-bond donors (Lipinski definition) is 0. The normalized spacial score (nSPS) is 13.9. The molecule has 2 heterocycles. The molecule has 0 N–H and O–H groups in total. The molecule has 158 valence electrons. The summed E-state index contributed by atoms with van der Waals surface area (Å²) >= 11 is 0. The van der Waals surface area contributed by atoms with Crippen molar-refractivity contribution < 1.29 is 0 Å². The van der Waals surface area contributed by atoms with Gasteiger partial charge in [-0.15, -0.1) is 0 Å². The van der Waals surface area contributed by atoms with Crippen molar-refractivity contribution in [3.05, 3.63) is 101 Å². The summed E-state index contributed by atoms with van der Waals surface area (Å²) in [6.45, 7) is 19.7. The van der Waals surface area contributed by atoms with Gasteiger partial charge in [-0.05, 0) is 96.1 Å². The lowest BCUT2D eigenvalue weighted by molar-refractivity contribution is 1.08. The van der Waals surface area contributed by atoms with Crippen LogP contribution in [0.1, 0.15) is 29.2 Å². The fourth-order valence-corrected chi connectivity index (χ4v) is 5.97. The van der Waals surface area contributed by atoms with Gasteiger partial charge in [-0.2, -0.15) is 0 Å². The maximum absolute atomic E-state index is 4.38. The molecule has 3 aromatic rings. The van der Waals surface area contributed by atoms with Crippen molar-refractivity contribution in [2.45, 2.75) is 34.6 Å². The first-order valence-electron chi connectivity index (χ1n) is 11.4. The van der Waals surface area contributed by atoms with E-state index >= 15 is 0 Å². The lowest BCUT2D eigenvalue weighted by atomic mass is 9.35. The first kappa shape index (κ1) is 20.6. The van der Waals surface area contributed by atoms with Crippen molar-refractivity contribution >= 4 is 23.3 Å². The van der Waals surface area contributed by atoms with E-state index in [0.29, 0.717) is 0 Å². The minimum absolute atomic E-state index is 0.198. The van der Waals surface area contributed by atoms with Crippen LogP contribution in [0.3, 0.4) is 0 Å². The van der Waals surface area contributed by atoms with E-state index in [9.17, 15) is 0 Å². The third kappa shape index (κ3) is 2.79. The molecular weight excluding hydrogens is 385 g/mol. The largest absolute Gasteiger partial charge is 0.349 e. The van der Waals surface area contributed by atoms with Crippen LogP contribution in [0.5, 0.6) is 0 Å². The second-order valence-corrected chi connectivity index (χ2v) is 9.54. The van der Waals surface area contributed by atoms with Gasteiger partial charge in [0.1, 0.15) is 0 Å². The van der Waals surface area contributed by atoms with Gasteiger partial charge in [0.2, 0.25) is 6.71 Å². The molecule has 2 aliphatic heterocycles. The van der Waals surface area contributed by atoms with Crippen LogP contribution in [-0.4, -0.2) is 13.8 Å². The number of aryl methyl sites for hydroxylation is 4. The van der Waals surface area contributed by atoms with E-state index < -0.39 is 0 Å². The average molecular weight is 415 g/mol. The number of nitrogens with zero attached hydrogens (tertiary/aromatic N) is 1. The number of hydrogen-bond acceptors (Lipinski definition) is 1. The molecule has 0 amide bonds. The predicted molar refractivity (Wildman–Crippen MR) is 142 cm³/mol. The molecule has 2 heteroatoms. The second-order valence-electron chi connectivity index (χ2n) is 9.54. The minimum atomic E-state index is 0.198. The SMILES string of the molecule is C=CC(=C)C1=C(C)N(C)c2cc(C)cc3c2B1c1cc(-c2c(C)cc(C)cc2C)ccc1-3. The van der Waals surface area contributed by atoms with E-state index in [1.165, 1.54) is 72.3 Å². The van der Waals surface area contributed by atoms with E-state index in [0.717, 1.165) is 5.57 Å². The van der Waals surface area contributed by atoms with Crippen molar-refractivity contribution in [1.82, 2.24) is 0 Å². The summed E-state index contributed by atoms with van der Waals surface area (Å²) in [4.78, 5) is 2.33. The Kier molecular flexibility index (Phi) is 4.60. The molecule has 0 aromatic heterocycles. The van der Waals surface area contributed by atoms with Gasteiger partial charge < -0.3 is 4.90 Å². The Morgan fingerprint density at radius 1 is 0.875 bits per heavy atom. The molecule has 3 aromatic carbocycles. The molecule has 2 aliphatic rings. The zero-order chi connectivity index (χ0) is 22.9. The topological polar surface area (TPSA) is 3.24 Å². The number of allylic oxidation sites excluding steroid dienone is 4. The molecule has 1 nitrogen and oxygen atoms in total. The van der Waals surface area contributed by atoms with Crippen LogP contribution in [0.15, 0.2) is 78.4 Å². The van der Waals surface area contributed by atoms with E-state index in [1.807, 2.05) is 6.08 Å². The van der Waals surface area contributed by atoms with Gasteiger partial charge in [0, 0.05) is 18.4 Å². The minimum Gasteiger partial charge on any atom is -0.349 e. The highest BCUT2D eigenvalue weighted by atomic mass is 15.1. The van der Waals surface area contributed by atoms with Crippen molar-refractivity contribution in [3.8, 4) is 22.3 Å². The summed E-state index contributed by atoms with van der Waals surface area (Å²) in [6.07, 6.45) is 1.90. The maximum atomic E-state index is 4.38. The van der Waals surface area contributed by atoms with E-state index in [2.05, 4.69) is 102 Å². The monoisotopic (exact) mass is 415 g/mol. The smallest absolute Gasteiger partial charge is 0.248 e. The van der Waals surface area contributed by atoms with Crippen molar-refractivity contribution in [1.29, 1.82) is 0 Å². The molecule has 0 fully saturated rings. The number of anilines is 1. The molecule has 5 rings (SSSR count). The van der Waals surface area contributed by atoms with Crippen LogP contribution >= 0.6 is 0 Å². The number of rotatable bonds is 3.